The molecule has 0 spiro atoms. The minimum Gasteiger partial charge on any atom is -0.354 e. The molecule has 3 nitrogen and oxygen atoms in total. The molecule has 118 valence electrons. The monoisotopic (exact) mass is 314 g/mol. The van der Waals surface area contributed by atoms with E-state index < -0.39 is 0 Å². The van der Waals surface area contributed by atoms with Crippen LogP contribution in [-0.2, 0) is 6.54 Å². The number of hydrogen-bond acceptors (Lipinski definition) is 1. The Morgan fingerprint density at radius 2 is 1.88 bits per heavy atom. The van der Waals surface area contributed by atoms with Crippen LogP contribution in [0.3, 0.4) is 0 Å². The van der Waals surface area contributed by atoms with Crippen LogP contribution in [0.5, 0.6) is 0 Å². The van der Waals surface area contributed by atoms with Crippen LogP contribution in [0.2, 0.25) is 0 Å². The van der Waals surface area contributed by atoms with Crippen LogP contribution in [-0.4, -0.2) is 4.98 Å². The number of aryl methyl sites for hydroxylation is 3. The molecule has 4 rings (SSSR count). The minimum atomic E-state index is 0.601. The van der Waals surface area contributed by atoms with E-state index in [0.29, 0.717) is 6.42 Å². The van der Waals surface area contributed by atoms with E-state index in [1.165, 1.54) is 43.7 Å². The third kappa shape index (κ3) is 2.15. The van der Waals surface area contributed by atoms with E-state index >= 15 is 0 Å². The first-order valence-corrected chi connectivity index (χ1v) is 8.40. The summed E-state index contributed by atoms with van der Waals surface area (Å²) in [5.74, 6) is 0. The second-order valence-electron chi connectivity index (χ2n) is 6.44. The van der Waals surface area contributed by atoms with Gasteiger partial charge < -0.3 is 4.98 Å². The van der Waals surface area contributed by atoms with Gasteiger partial charge in [-0.2, -0.15) is 5.26 Å². The fraction of sp³-hybridized carbons (Fsp3) is 0.238. The van der Waals surface area contributed by atoms with E-state index in [-0.39, 0.29) is 0 Å². The molecule has 2 heterocycles. The molecule has 0 saturated carbocycles. The molecule has 0 fully saturated rings. The standard InChI is InChI=1S/C21H19N3/c1-14-16-9-12-24(11-6-5-10-22)13-18(16)15(2)21-20(14)17-7-3-4-8-19(17)23-21/h3-4,7-9,12-13H,5-6,11H2,1-2H3/p+1. The van der Waals surface area contributed by atoms with Gasteiger partial charge in [-0.25, -0.2) is 4.57 Å². The van der Waals surface area contributed by atoms with Gasteiger partial charge in [0.15, 0.2) is 12.4 Å². The molecule has 4 aromatic rings. The lowest BCUT2D eigenvalue weighted by molar-refractivity contribution is -0.695. The first-order valence-electron chi connectivity index (χ1n) is 8.40. The van der Waals surface area contributed by atoms with Crippen LogP contribution in [0.15, 0.2) is 42.7 Å². The number of pyridine rings is 1. The van der Waals surface area contributed by atoms with Crippen molar-refractivity contribution in [2.24, 2.45) is 0 Å². The molecule has 0 aliphatic rings. The predicted molar refractivity (Wildman–Crippen MR) is 97.8 cm³/mol. The zero-order valence-corrected chi connectivity index (χ0v) is 14.1. The Morgan fingerprint density at radius 1 is 1.04 bits per heavy atom. The molecule has 0 saturated heterocycles. The molecule has 3 heteroatoms. The SMILES string of the molecule is Cc1c2c[n+](CCCC#N)ccc2c(C)c2c1[nH]c1ccccc12. The van der Waals surface area contributed by atoms with Crippen LogP contribution >= 0.6 is 0 Å². The summed E-state index contributed by atoms with van der Waals surface area (Å²) in [4.78, 5) is 3.60. The number of rotatable bonds is 3. The van der Waals surface area contributed by atoms with E-state index in [9.17, 15) is 0 Å². The molecule has 0 bridgehead atoms. The number of H-pyrrole nitrogens is 1. The second kappa shape index (κ2) is 5.65. The highest BCUT2D eigenvalue weighted by Crippen LogP contribution is 2.35. The van der Waals surface area contributed by atoms with Crippen molar-refractivity contribution in [3.63, 3.8) is 0 Å². The normalized spacial score (nSPS) is 11.4. The number of aromatic nitrogens is 2. The fourth-order valence-electron chi connectivity index (χ4n) is 3.73. The number of para-hydroxylation sites is 1. The molecule has 1 N–H and O–H groups in total. The zero-order chi connectivity index (χ0) is 16.7. The van der Waals surface area contributed by atoms with Crippen molar-refractivity contribution in [3.05, 3.63) is 53.9 Å². The van der Waals surface area contributed by atoms with E-state index in [4.69, 9.17) is 5.26 Å². The average Bonchev–Trinajstić information content (AvgIpc) is 3.00. The van der Waals surface area contributed by atoms with Crippen LogP contribution in [0, 0.1) is 25.2 Å². The van der Waals surface area contributed by atoms with Gasteiger partial charge in [0.05, 0.1) is 17.0 Å². The lowest BCUT2D eigenvalue weighted by atomic mass is 9.97. The van der Waals surface area contributed by atoms with Gasteiger partial charge in [0.1, 0.15) is 6.54 Å². The molecule has 0 amide bonds. The van der Waals surface area contributed by atoms with Gasteiger partial charge in [0.2, 0.25) is 0 Å². The molecule has 0 aliphatic heterocycles. The topological polar surface area (TPSA) is 43.5 Å². The number of aromatic amines is 1. The summed E-state index contributed by atoms with van der Waals surface area (Å²) < 4.78 is 2.20. The van der Waals surface area contributed by atoms with E-state index in [1.54, 1.807) is 0 Å². The highest BCUT2D eigenvalue weighted by molar-refractivity contribution is 6.16. The summed E-state index contributed by atoms with van der Waals surface area (Å²) >= 11 is 0. The third-order valence-electron chi connectivity index (χ3n) is 4.99. The number of nitrogens with zero attached hydrogens (tertiary/aromatic N) is 2. The Labute approximate surface area is 141 Å². The number of fused-ring (bicyclic) bond motifs is 4. The average molecular weight is 314 g/mol. The molecule has 24 heavy (non-hydrogen) atoms. The third-order valence-corrected chi connectivity index (χ3v) is 4.99. The van der Waals surface area contributed by atoms with Crippen molar-refractivity contribution >= 4 is 32.6 Å². The molecule has 0 aliphatic carbocycles. The van der Waals surface area contributed by atoms with Crippen molar-refractivity contribution in [1.82, 2.24) is 4.98 Å². The van der Waals surface area contributed by atoms with Crippen molar-refractivity contribution in [2.75, 3.05) is 0 Å². The summed E-state index contributed by atoms with van der Waals surface area (Å²) in [5.41, 5.74) is 5.04. The second-order valence-corrected chi connectivity index (χ2v) is 6.44. The summed E-state index contributed by atoms with van der Waals surface area (Å²) in [6.45, 7) is 5.29. The van der Waals surface area contributed by atoms with E-state index in [2.05, 4.69) is 72.2 Å². The largest absolute Gasteiger partial charge is 0.354 e. The van der Waals surface area contributed by atoms with Crippen molar-refractivity contribution < 1.29 is 4.57 Å². The van der Waals surface area contributed by atoms with Gasteiger partial charge in [-0.05, 0) is 36.4 Å². The number of nitriles is 1. The maximum absolute atomic E-state index is 8.72. The highest BCUT2D eigenvalue weighted by atomic mass is 14.9. The summed E-state index contributed by atoms with van der Waals surface area (Å²) in [6, 6.07) is 12.9. The zero-order valence-electron chi connectivity index (χ0n) is 14.1. The highest BCUT2D eigenvalue weighted by Gasteiger charge is 2.16. The van der Waals surface area contributed by atoms with Crippen LogP contribution in [0.25, 0.3) is 32.6 Å². The van der Waals surface area contributed by atoms with Crippen LogP contribution in [0.1, 0.15) is 24.0 Å². The van der Waals surface area contributed by atoms with Gasteiger partial charge in [0.25, 0.3) is 0 Å². The first kappa shape index (κ1) is 14.7. The predicted octanol–water partition coefficient (Wildman–Crippen LogP) is 4.68. The van der Waals surface area contributed by atoms with Crippen molar-refractivity contribution in [3.8, 4) is 6.07 Å². The quantitative estimate of drug-likeness (QED) is 0.433. The maximum atomic E-state index is 8.72. The van der Waals surface area contributed by atoms with Crippen LogP contribution < -0.4 is 4.57 Å². The minimum absolute atomic E-state index is 0.601. The number of unbranched alkanes of at least 4 members (excludes halogenated alkanes) is 1. The Hall–Kier alpha value is -2.86. The molecule has 0 atom stereocenters. The summed E-state index contributed by atoms with van der Waals surface area (Å²) in [7, 11) is 0. The molecule has 2 aromatic heterocycles. The Balaban J connectivity index is 1.99. The summed E-state index contributed by atoms with van der Waals surface area (Å²) in [5, 5.41) is 13.9. The molecule has 2 aromatic carbocycles. The van der Waals surface area contributed by atoms with Gasteiger partial charge >= 0.3 is 0 Å². The Kier molecular flexibility index (Phi) is 3.46. The van der Waals surface area contributed by atoms with E-state index in [0.717, 1.165) is 13.0 Å². The van der Waals surface area contributed by atoms with Gasteiger partial charge in [-0.1, -0.05) is 18.2 Å². The fourth-order valence-corrected chi connectivity index (χ4v) is 3.73. The number of nitrogens with one attached hydrogen (secondary N) is 1. The van der Waals surface area contributed by atoms with Crippen molar-refractivity contribution in [2.45, 2.75) is 33.2 Å². The maximum Gasteiger partial charge on any atom is 0.176 e. The molecule has 0 unspecified atom stereocenters. The van der Waals surface area contributed by atoms with Crippen LogP contribution in [0.4, 0.5) is 0 Å². The number of benzene rings is 2. The lowest BCUT2D eigenvalue weighted by Crippen LogP contribution is -2.32. The van der Waals surface area contributed by atoms with E-state index in [1.807, 2.05) is 0 Å². The van der Waals surface area contributed by atoms with Crippen molar-refractivity contribution in [1.29, 1.82) is 5.26 Å². The lowest BCUT2D eigenvalue weighted by Gasteiger charge is -2.08. The smallest absolute Gasteiger partial charge is 0.176 e. The molecule has 0 radical (unpaired) electrons. The Morgan fingerprint density at radius 3 is 2.71 bits per heavy atom. The first-order chi connectivity index (χ1) is 11.7. The number of hydrogen-bond donors (Lipinski definition) is 1. The molecular weight excluding hydrogens is 294 g/mol. The van der Waals surface area contributed by atoms with Gasteiger partial charge in [-0.3, -0.25) is 0 Å². The van der Waals surface area contributed by atoms with Gasteiger partial charge in [-0.15, -0.1) is 0 Å². The Bertz CT molecular complexity index is 1110. The summed E-state index contributed by atoms with van der Waals surface area (Å²) in [6.07, 6.45) is 5.84. The van der Waals surface area contributed by atoms with Gasteiger partial charge in [0, 0.05) is 35.2 Å². The molecular formula is C21H20N3+.